The van der Waals surface area contributed by atoms with Crippen LogP contribution in [-0.2, 0) is 22.4 Å². The lowest BCUT2D eigenvalue weighted by Gasteiger charge is -2.38. The van der Waals surface area contributed by atoms with Crippen molar-refractivity contribution in [3.05, 3.63) is 95.8 Å². The number of carbonyl (C=O) groups is 4. The Morgan fingerprint density at radius 1 is 0.603 bits per heavy atom. The lowest BCUT2D eigenvalue weighted by molar-refractivity contribution is -0.143. The zero-order chi connectivity index (χ0) is 48.1. The van der Waals surface area contributed by atoms with E-state index in [-0.39, 0.29) is 23.0 Å². The smallest absolute Gasteiger partial charge is 0.320 e. The number of hydrogen-bond acceptors (Lipinski definition) is 14. The number of nitrogens with one attached hydrogen (secondary N) is 2. The fourth-order valence-corrected chi connectivity index (χ4v) is 9.37. The molecule has 0 saturated carbocycles. The van der Waals surface area contributed by atoms with Gasteiger partial charge in [0.1, 0.15) is 45.9 Å². The summed E-state index contributed by atoms with van der Waals surface area (Å²) < 4.78 is 15.4. The van der Waals surface area contributed by atoms with Gasteiger partial charge in [0, 0.05) is 113 Å². The van der Waals surface area contributed by atoms with E-state index in [1.54, 1.807) is 59.8 Å². The normalized spacial score (nSPS) is 18.4. The third-order valence-electron chi connectivity index (χ3n) is 13.0. The number of piperazine rings is 2. The zero-order valence-corrected chi connectivity index (χ0v) is 39.0. The average molecular weight is 929 g/mol. The van der Waals surface area contributed by atoms with Crippen molar-refractivity contribution >= 4 is 57.8 Å². The molecule has 0 bridgehead atoms. The van der Waals surface area contributed by atoms with Crippen molar-refractivity contribution in [3.63, 3.8) is 0 Å². The first-order chi connectivity index (χ1) is 32.4. The number of hydrogen-bond donors (Lipinski definition) is 4. The Hall–Kier alpha value is -7.32. The predicted molar refractivity (Wildman–Crippen MR) is 253 cm³/mol. The van der Waals surface area contributed by atoms with Crippen LogP contribution in [0, 0.1) is 0 Å². The third-order valence-corrected chi connectivity index (χ3v) is 13.0. The lowest BCUT2D eigenvalue weighted by Crippen LogP contribution is -2.51. The number of carboxylic acid groups (broad SMARTS) is 2. The number of ether oxygens (including phenoxy) is 2. The maximum atomic E-state index is 13.2. The van der Waals surface area contributed by atoms with Gasteiger partial charge in [-0.05, 0) is 65.8 Å². The number of aromatic nitrogens is 6. The van der Waals surface area contributed by atoms with Crippen LogP contribution in [-0.4, -0.2) is 149 Å². The quantitative estimate of drug-likeness (QED) is 0.148. The van der Waals surface area contributed by atoms with Crippen LogP contribution in [0.25, 0.3) is 11.3 Å². The first-order valence-corrected chi connectivity index (χ1v) is 22.8. The van der Waals surface area contributed by atoms with Crippen molar-refractivity contribution < 1.29 is 38.9 Å². The molecule has 0 unspecified atom stereocenters. The van der Waals surface area contributed by atoms with Crippen molar-refractivity contribution in [2.24, 2.45) is 0 Å². The number of fused-ring (bicyclic) bond motifs is 4. The van der Waals surface area contributed by atoms with Gasteiger partial charge in [-0.1, -0.05) is 0 Å². The maximum absolute atomic E-state index is 13.2. The number of aliphatic carboxylic acids is 2. The maximum Gasteiger partial charge on any atom is 0.320 e. The van der Waals surface area contributed by atoms with Crippen molar-refractivity contribution in [3.8, 4) is 11.5 Å². The van der Waals surface area contributed by atoms with Crippen molar-refractivity contribution in [1.29, 1.82) is 0 Å². The fraction of sp³-hybridized carbons (Fsp3) is 0.417. The number of anilines is 4. The van der Waals surface area contributed by atoms with Crippen molar-refractivity contribution in [1.82, 2.24) is 39.0 Å². The van der Waals surface area contributed by atoms with Crippen LogP contribution in [0.5, 0.6) is 11.5 Å². The van der Waals surface area contributed by atoms with E-state index in [1.165, 1.54) is 12.4 Å². The van der Waals surface area contributed by atoms with Gasteiger partial charge in [-0.25, -0.2) is 19.0 Å². The monoisotopic (exact) mass is 928 g/mol. The Kier molecular flexibility index (Phi) is 12.2. The highest BCUT2D eigenvalue weighted by Crippen LogP contribution is 2.43. The summed E-state index contributed by atoms with van der Waals surface area (Å²) in [5.74, 6) is -0.584. The van der Waals surface area contributed by atoms with Crippen LogP contribution < -0.4 is 29.9 Å². The van der Waals surface area contributed by atoms with Gasteiger partial charge in [0.2, 0.25) is 0 Å². The summed E-state index contributed by atoms with van der Waals surface area (Å²) in [7, 11) is 0. The molecule has 2 saturated heterocycles. The van der Waals surface area contributed by atoms with E-state index in [4.69, 9.17) is 9.47 Å². The van der Waals surface area contributed by atoms with Crippen LogP contribution in [0.3, 0.4) is 0 Å². The predicted octanol–water partition coefficient (Wildman–Crippen LogP) is 4.58. The molecule has 8 heterocycles. The molecular weight excluding hydrogens is 873 g/mol. The van der Waals surface area contributed by atoms with Gasteiger partial charge >= 0.3 is 11.9 Å². The van der Waals surface area contributed by atoms with E-state index in [0.29, 0.717) is 86.2 Å². The third kappa shape index (κ3) is 9.33. The molecule has 10 rings (SSSR count). The summed E-state index contributed by atoms with van der Waals surface area (Å²) in [4.78, 5) is 66.1. The van der Waals surface area contributed by atoms with E-state index in [9.17, 15) is 29.4 Å². The second-order valence-corrected chi connectivity index (χ2v) is 18.9. The molecule has 6 aromatic rings. The summed E-state index contributed by atoms with van der Waals surface area (Å²) in [5.41, 5.74) is 6.32. The Labute approximate surface area is 392 Å². The Morgan fingerprint density at radius 3 is 1.35 bits per heavy atom. The molecule has 68 heavy (non-hydrogen) atoms. The molecule has 4 aromatic heterocycles. The molecule has 2 fully saturated rings. The molecule has 2 aromatic carbocycles. The van der Waals surface area contributed by atoms with E-state index in [0.717, 1.165) is 46.8 Å². The van der Waals surface area contributed by atoms with Gasteiger partial charge in [-0.15, -0.1) is 0 Å². The van der Waals surface area contributed by atoms with Gasteiger partial charge in [-0.3, -0.25) is 29.0 Å². The molecular formula is C48H56N12O8. The van der Waals surface area contributed by atoms with Gasteiger partial charge in [0.05, 0.1) is 35.1 Å². The molecule has 356 valence electrons. The summed E-state index contributed by atoms with van der Waals surface area (Å²) in [5, 5.41) is 33.3. The molecule has 4 aliphatic rings. The molecule has 4 N–H and O–H groups in total. The molecule has 20 heteroatoms. The van der Waals surface area contributed by atoms with Crippen molar-refractivity contribution in [2.45, 2.75) is 77.7 Å². The number of nitrogens with zero attached hydrogens (tertiary/aromatic N) is 10. The average Bonchev–Trinajstić information content (AvgIpc) is 4.09. The van der Waals surface area contributed by atoms with Crippen LogP contribution in [0.2, 0.25) is 0 Å². The van der Waals surface area contributed by atoms with Gasteiger partial charge in [0.25, 0.3) is 11.8 Å². The van der Waals surface area contributed by atoms with Crippen LogP contribution in [0.1, 0.15) is 73.4 Å². The molecule has 20 nitrogen and oxygen atoms in total. The number of carbonyl (C=O) groups excluding carboxylic acids is 2. The SMILES string of the molecule is C[C@@H](C(=O)O)N1CCN(c2cc3c(cc2NC(=O)c2cnn4cccnc24)CC(C)(C)O3)CC1.C[C@H](C(=O)O)N1CCN(c2cc3c(cc2NC(=O)c2cnn4cccnc24)CC(C)(C)O3)CC1. The van der Waals surface area contributed by atoms with Crippen molar-refractivity contribution in [2.75, 3.05) is 72.8 Å². The summed E-state index contributed by atoms with van der Waals surface area (Å²) >= 11 is 0. The second kappa shape index (κ2) is 18.1. The van der Waals surface area contributed by atoms with E-state index >= 15 is 0 Å². The summed E-state index contributed by atoms with van der Waals surface area (Å²) in [6.45, 7) is 16.6. The number of carboxylic acids is 2. The van der Waals surface area contributed by atoms with E-state index in [2.05, 4.69) is 40.6 Å². The highest BCUT2D eigenvalue weighted by atomic mass is 16.5. The molecule has 2 amide bonds. The first-order valence-electron chi connectivity index (χ1n) is 22.8. The highest BCUT2D eigenvalue weighted by molar-refractivity contribution is 6.10. The highest BCUT2D eigenvalue weighted by Gasteiger charge is 2.35. The van der Waals surface area contributed by atoms with Gasteiger partial charge in [-0.2, -0.15) is 10.2 Å². The minimum Gasteiger partial charge on any atom is -0.487 e. The molecule has 2 atom stereocenters. The molecule has 4 aliphatic heterocycles. The van der Waals surface area contributed by atoms with Crippen LogP contribution >= 0.6 is 0 Å². The van der Waals surface area contributed by atoms with Gasteiger partial charge in [0.15, 0.2) is 11.3 Å². The fourth-order valence-electron chi connectivity index (χ4n) is 9.37. The minimum atomic E-state index is -0.823. The Bertz CT molecular complexity index is 2720. The number of rotatable bonds is 10. The standard InChI is InChI=1S/2C24H28N6O4/c2*1-15(23(32)33)28-7-9-29(10-8-28)19-12-20-16(13-24(2,3)34-20)11-18(19)27-22(31)17-14-26-30-6-4-5-25-21(17)30/h2*4-6,11-12,14-15H,7-10,13H2,1-3H3,(H,27,31)(H,32,33)/t2*15-/m10/s1. The lowest BCUT2D eigenvalue weighted by atomic mass is 10.0. The Morgan fingerprint density at radius 2 is 0.985 bits per heavy atom. The number of benzene rings is 2. The van der Waals surface area contributed by atoms with Gasteiger partial charge < -0.3 is 40.1 Å². The minimum absolute atomic E-state index is 0.286. The van der Waals surface area contributed by atoms with Crippen LogP contribution in [0.4, 0.5) is 22.7 Å². The van der Waals surface area contributed by atoms with E-state index in [1.807, 2.05) is 61.8 Å². The topological polar surface area (TPSA) is 225 Å². The summed E-state index contributed by atoms with van der Waals surface area (Å²) in [6, 6.07) is 10.4. The number of amides is 2. The zero-order valence-electron chi connectivity index (χ0n) is 39.0. The van der Waals surface area contributed by atoms with E-state index < -0.39 is 24.0 Å². The molecule has 0 radical (unpaired) electrons. The summed E-state index contributed by atoms with van der Waals surface area (Å²) in [6.07, 6.45) is 11.3. The first kappa shape index (κ1) is 45.8. The van der Waals surface area contributed by atoms with Crippen LogP contribution in [0.15, 0.2) is 73.6 Å². The second-order valence-electron chi connectivity index (χ2n) is 18.9. The molecule has 0 aliphatic carbocycles. The molecule has 0 spiro atoms. The Balaban J connectivity index is 0.000000170. The largest absolute Gasteiger partial charge is 0.487 e.